The first-order chi connectivity index (χ1) is 8.60. The number of nitrogens with two attached hydrogens (primary N) is 1. The zero-order chi connectivity index (χ0) is 13.1. The van der Waals surface area contributed by atoms with Crippen molar-refractivity contribution >= 4 is 27.3 Å². The predicted octanol–water partition coefficient (Wildman–Crippen LogP) is 3.54. The zero-order valence-electron chi connectivity index (χ0n) is 9.29. The summed E-state index contributed by atoms with van der Waals surface area (Å²) in [4.78, 5) is 1.06. The molecule has 2 nitrogen and oxygen atoms in total. The van der Waals surface area contributed by atoms with Gasteiger partial charge in [-0.1, -0.05) is 6.07 Å². The zero-order valence-corrected chi connectivity index (χ0v) is 11.7. The Hall–Kier alpha value is -0.820. The van der Waals surface area contributed by atoms with Gasteiger partial charge in [-0.05, 0) is 28.1 Å². The number of rotatable bonds is 4. The lowest BCUT2D eigenvalue weighted by Gasteiger charge is -2.16. The van der Waals surface area contributed by atoms with E-state index in [2.05, 4.69) is 21.4 Å². The summed E-state index contributed by atoms with van der Waals surface area (Å²) < 4.78 is 27.5. The molecule has 2 rings (SSSR count). The maximum Gasteiger partial charge on any atom is 0.130 e. The molecule has 0 aliphatic carbocycles. The summed E-state index contributed by atoms with van der Waals surface area (Å²) in [5.74, 6) is 4.27. The standard InChI is InChI=1S/C12H11BrF2N2S/c13-7-3-9(18-6-7)5-12(17-16)10-2-1-8(14)4-11(10)15/h1-4,6,12,17H,5,16H2. The van der Waals surface area contributed by atoms with Gasteiger partial charge in [0.1, 0.15) is 11.6 Å². The highest BCUT2D eigenvalue weighted by Crippen LogP contribution is 2.26. The average molecular weight is 333 g/mol. The van der Waals surface area contributed by atoms with Crippen LogP contribution in [0.25, 0.3) is 0 Å². The summed E-state index contributed by atoms with van der Waals surface area (Å²) in [6, 6.07) is 5.09. The Kier molecular flexibility index (Phi) is 4.45. The summed E-state index contributed by atoms with van der Waals surface area (Å²) in [6.45, 7) is 0. The smallest absolute Gasteiger partial charge is 0.130 e. The molecule has 1 aromatic heterocycles. The molecular formula is C12H11BrF2N2S. The second-order valence-electron chi connectivity index (χ2n) is 3.82. The van der Waals surface area contributed by atoms with Crippen LogP contribution in [0.5, 0.6) is 0 Å². The van der Waals surface area contributed by atoms with Gasteiger partial charge in [0.15, 0.2) is 0 Å². The summed E-state index contributed by atoms with van der Waals surface area (Å²) in [6.07, 6.45) is 0.551. The van der Waals surface area contributed by atoms with Gasteiger partial charge in [0.2, 0.25) is 0 Å². The predicted molar refractivity (Wildman–Crippen MR) is 72.1 cm³/mol. The molecule has 0 fully saturated rings. The molecule has 1 aromatic carbocycles. The van der Waals surface area contributed by atoms with Crippen molar-refractivity contribution in [2.45, 2.75) is 12.5 Å². The van der Waals surface area contributed by atoms with Crippen molar-refractivity contribution < 1.29 is 8.78 Å². The van der Waals surface area contributed by atoms with E-state index in [1.165, 1.54) is 12.1 Å². The van der Waals surface area contributed by atoms with Crippen LogP contribution < -0.4 is 11.3 Å². The second kappa shape index (κ2) is 5.88. The van der Waals surface area contributed by atoms with Crippen LogP contribution in [0.3, 0.4) is 0 Å². The van der Waals surface area contributed by atoms with E-state index in [-0.39, 0.29) is 6.04 Å². The molecule has 1 heterocycles. The highest BCUT2D eigenvalue weighted by Gasteiger charge is 2.16. The molecule has 1 unspecified atom stereocenters. The maximum atomic E-state index is 13.7. The lowest BCUT2D eigenvalue weighted by molar-refractivity contribution is 0.504. The van der Waals surface area contributed by atoms with Gasteiger partial charge in [0, 0.05) is 32.8 Å². The van der Waals surface area contributed by atoms with Crippen LogP contribution in [0.2, 0.25) is 0 Å². The third kappa shape index (κ3) is 3.14. The normalized spacial score (nSPS) is 12.7. The molecule has 0 aliphatic rings. The minimum Gasteiger partial charge on any atom is -0.271 e. The van der Waals surface area contributed by atoms with E-state index in [0.29, 0.717) is 12.0 Å². The molecule has 18 heavy (non-hydrogen) atoms. The summed E-state index contributed by atoms with van der Waals surface area (Å²) in [5.41, 5.74) is 2.93. The molecule has 6 heteroatoms. The number of thiophene rings is 1. The first-order valence-corrected chi connectivity index (χ1v) is 6.91. The van der Waals surface area contributed by atoms with Gasteiger partial charge in [-0.2, -0.15) is 0 Å². The van der Waals surface area contributed by atoms with Crippen molar-refractivity contribution in [3.05, 3.63) is 56.2 Å². The first-order valence-electron chi connectivity index (χ1n) is 5.24. The van der Waals surface area contributed by atoms with Crippen molar-refractivity contribution in [2.75, 3.05) is 0 Å². The quantitative estimate of drug-likeness (QED) is 0.663. The van der Waals surface area contributed by atoms with Crippen molar-refractivity contribution in [1.82, 2.24) is 5.43 Å². The molecule has 0 amide bonds. The molecular weight excluding hydrogens is 322 g/mol. The highest BCUT2D eigenvalue weighted by molar-refractivity contribution is 9.10. The van der Waals surface area contributed by atoms with Gasteiger partial charge in [0.25, 0.3) is 0 Å². The van der Waals surface area contributed by atoms with Crippen LogP contribution >= 0.6 is 27.3 Å². The third-order valence-electron chi connectivity index (χ3n) is 2.57. The Balaban J connectivity index is 2.22. The molecule has 0 spiro atoms. The minimum atomic E-state index is -0.592. The largest absolute Gasteiger partial charge is 0.271 e. The molecule has 1 atom stereocenters. The monoisotopic (exact) mass is 332 g/mol. The van der Waals surface area contributed by atoms with Gasteiger partial charge in [-0.3, -0.25) is 11.3 Å². The molecule has 2 aromatic rings. The van der Waals surface area contributed by atoms with E-state index in [1.807, 2.05) is 11.4 Å². The Bertz CT molecular complexity index is 545. The first kappa shape index (κ1) is 13.6. The fourth-order valence-corrected chi connectivity index (χ4v) is 3.20. The van der Waals surface area contributed by atoms with E-state index in [1.54, 1.807) is 11.3 Å². The molecule has 0 saturated carbocycles. The van der Waals surface area contributed by atoms with Gasteiger partial charge >= 0.3 is 0 Å². The van der Waals surface area contributed by atoms with E-state index in [0.717, 1.165) is 15.4 Å². The van der Waals surface area contributed by atoms with Crippen molar-refractivity contribution in [3.8, 4) is 0 Å². The molecule has 0 bridgehead atoms. The van der Waals surface area contributed by atoms with Crippen LogP contribution in [0.1, 0.15) is 16.5 Å². The number of hydrazine groups is 1. The molecule has 96 valence electrons. The summed E-state index contributed by atoms with van der Waals surface area (Å²) in [5, 5.41) is 1.95. The Morgan fingerprint density at radius 3 is 2.67 bits per heavy atom. The second-order valence-corrected chi connectivity index (χ2v) is 5.73. The Labute approximate surface area is 116 Å². The molecule has 0 saturated heterocycles. The van der Waals surface area contributed by atoms with Gasteiger partial charge < -0.3 is 0 Å². The van der Waals surface area contributed by atoms with E-state index < -0.39 is 11.6 Å². The van der Waals surface area contributed by atoms with Crippen LogP contribution in [0.15, 0.2) is 34.1 Å². The van der Waals surface area contributed by atoms with Crippen LogP contribution in [0.4, 0.5) is 8.78 Å². The summed E-state index contributed by atoms with van der Waals surface area (Å²) in [7, 11) is 0. The van der Waals surface area contributed by atoms with E-state index in [9.17, 15) is 8.78 Å². The maximum absolute atomic E-state index is 13.7. The summed E-state index contributed by atoms with van der Waals surface area (Å²) >= 11 is 4.92. The SMILES string of the molecule is NNC(Cc1cc(Br)cs1)c1ccc(F)cc1F. The van der Waals surface area contributed by atoms with Crippen LogP contribution in [0, 0.1) is 11.6 Å². The number of nitrogens with one attached hydrogen (secondary N) is 1. The molecule has 0 aliphatic heterocycles. The van der Waals surface area contributed by atoms with Gasteiger partial charge in [0.05, 0.1) is 6.04 Å². The lowest BCUT2D eigenvalue weighted by atomic mass is 10.0. The highest BCUT2D eigenvalue weighted by atomic mass is 79.9. The fraction of sp³-hybridized carbons (Fsp3) is 0.167. The minimum absolute atomic E-state index is 0.364. The molecule has 3 N–H and O–H groups in total. The number of hydrogen-bond acceptors (Lipinski definition) is 3. The Morgan fingerprint density at radius 2 is 2.11 bits per heavy atom. The lowest BCUT2D eigenvalue weighted by Crippen LogP contribution is -2.30. The van der Waals surface area contributed by atoms with Gasteiger partial charge in [-0.25, -0.2) is 8.78 Å². The molecule has 0 radical (unpaired) electrons. The van der Waals surface area contributed by atoms with Crippen molar-refractivity contribution in [2.24, 2.45) is 5.84 Å². The number of benzene rings is 1. The van der Waals surface area contributed by atoms with E-state index in [4.69, 9.17) is 5.84 Å². The van der Waals surface area contributed by atoms with E-state index >= 15 is 0 Å². The number of hydrogen-bond donors (Lipinski definition) is 2. The Morgan fingerprint density at radius 1 is 1.33 bits per heavy atom. The van der Waals surface area contributed by atoms with Crippen LogP contribution in [-0.2, 0) is 6.42 Å². The fourth-order valence-electron chi connectivity index (χ4n) is 1.70. The van der Waals surface area contributed by atoms with Crippen LogP contribution in [-0.4, -0.2) is 0 Å². The van der Waals surface area contributed by atoms with Crippen molar-refractivity contribution in [3.63, 3.8) is 0 Å². The number of halogens is 3. The van der Waals surface area contributed by atoms with Crippen molar-refractivity contribution in [1.29, 1.82) is 0 Å². The third-order valence-corrected chi connectivity index (χ3v) is 4.29. The topological polar surface area (TPSA) is 38.0 Å². The van der Waals surface area contributed by atoms with Gasteiger partial charge in [-0.15, -0.1) is 11.3 Å². The average Bonchev–Trinajstić information content (AvgIpc) is 2.72.